The van der Waals surface area contributed by atoms with Gasteiger partial charge in [0.25, 0.3) is 0 Å². The normalized spacial score (nSPS) is 10.8. The molecule has 1 aromatic carbocycles. The Balaban J connectivity index is 2.77. The van der Waals surface area contributed by atoms with Crippen molar-refractivity contribution < 1.29 is 9.18 Å². The second-order valence-electron chi connectivity index (χ2n) is 5.07. The van der Waals surface area contributed by atoms with Crippen molar-refractivity contribution in [1.82, 2.24) is 0 Å². The van der Waals surface area contributed by atoms with Crippen LogP contribution >= 0.6 is 0 Å². The van der Waals surface area contributed by atoms with Gasteiger partial charge in [-0.3, -0.25) is 4.90 Å². The van der Waals surface area contributed by atoms with Crippen LogP contribution in [0.4, 0.5) is 14.9 Å². The zero-order valence-electron chi connectivity index (χ0n) is 12.5. The molecule has 0 spiro atoms. The molecule has 21 heavy (non-hydrogen) atoms. The summed E-state index contributed by atoms with van der Waals surface area (Å²) >= 11 is 0. The summed E-state index contributed by atoms with van der Waals surface area (Å²) in [6.45, 7) is 13.8. The summed E-state index contributed by atoms with van der Waals surface area (Å²) < 4.78 is 13.3. The van der Waals surface area contributed by atoms with Crippen LogP contribution in [0, 0.1) is 6.92 Å². The molecule has 0 atom stereocenters. The molecule has 112 valence electrons. The lowest BCUT2D eigenvalue weighted by atomic mass is 10.2. The number of anilines is 1. The number of carbonyl (C=O) groups excluding carboxylic acids is 1. The van der Waals surface area contributed by atoms with E-state index in [0.717, 1.165) is 11.6 Å². The minimum Gasteiger partial charge on any atom is -0.284 e. The third-order valence-corrected chi connectivity index (χ3v) is 7.16. The van der Waals surface area contributed by atoms with Crippen LogP contribution in [0.2, 0.25) is 6.04 Å². The van der Waals surface area contributed by atoms with E-state index in [2.05, 4.69) is 19.7 Å². The molecule has 4 heteroatoms. The molecule has 0 aliphatic heterocycles. The van der Waals surface area contributed by atoms with Crippen LogP contribution in [0.5, 0.6) is 0 Å². The number of hydrogen-bond donors (Lipinski definition) is 0. The maximum Gasteiger partial charge on any atom is 0.404 e. The van der Waals surface area contributed by atoms with Crippen molar-refractivity contribution in [1.29, 1.82) is 0 Å². The Morgan fingerprint density at radius 2 is 1.90 bits per heavy atom. The van der Waals surface area contributed by atoms with E-state index in [1.807, 2.05) is 36.2 Å². The molecule has 0 aromatic heterocycles. The highest BCUT2D eigenvalue weighted by molar-refractivity contribution is 6.93. The fourth-order valence-electron chi connectivity index (χ4n) is 2.21. The third-order valence-electron chi connectivity index (χ3n) is 3.66. The highest BCUT2D eigenvalue weighted by Crippen LogP contribution is 2.21. The fraction of sp³-hybridized carbons (Fsp3) is 0.235. The fourth-order valence-corrected chi connectivity index (χ4v) is 4.10. The number of hydrogen-bond acceptors (Lipinski definition) is 1. The van der Waals surface area contributed by atoms with Gasteiger partial charge in [-0.1, -0.05) is 29.2 Å². The summed E-state index contributed by atoms with van der Waals surface area (Å²) in [5.41, 5.74) is 7.29. The van der Waals surface area contributed by atoms with Crippen LogP contribution in [0.3, 0.4) is 0 Å². The monoisotopic (exact) mass is 303 g/mol. The molecule has 0 saturated heterocycles. The maximum absolute atomic E-state index is 13.3. The number of halogens is 1. The molecule has 0 radical (unpaired) electrons. The summed E-state index contributed by atoms with van der Waals surface area (Å²) in [5.74, 6) is 0. The molecule has 0 aliphatic rings. The Labute approximate surface area is 127 Å². The minimum absolute atomic E-state index is 0.336. The number of carbonyl (C=O) groups is 1. The molecule has 0 unspecified atom stereocenters. The zero-order chi connectivity index (χ0) is 15.9. The molecule has 1 rings (SSSR count). The Hall–Kier alpha value is -1.94. The number of benzene rings is 1. The topological polar surface area (TPSA) is 20.3 Å². The van der Waals surface area contributed by atoms with Crippen molar-refractivity contribution in [2.75, 3.05) is 11.4 Å². The van der Waals surface area contributed by atoms with E-state index < -0.39 is 14.2 Å². The maximum atomic E-state index is 13.3. The second-order valence-corrected chi connectivity index (χ2v) is 9.02. The average Bonchev–Trinajstić information content (AvgIpc) is 2.48. The second kappa shape index (κ2) is 7.74. The lowest BCUT2D eigenvalue weighted by Crippen LogP contribution is -2.31. The average molecular weight is 303 g/mol. The Morgan fingerprint density at radius 3 is 2.38 bits per heavy atom. The van der Waals surface area contributed by atoms with Gasteiger partial charge < -0.3 is 0 Å². The quantitative estimate of drug-likeness (QED) is 0.380. The summed E-state index contributed by atoms with van der Waals surface area (Å²) in [5, 5.41) is 0. The van der Waals surface area contributed by atoms with Gasteiger partial charge in [0, 0.05) is 12.2 Å². The molecule has 0 N–H and O–H groups in total. The van der Waals surface area contributed by atoms with Gasteiger partial charge in [-0.05, 0) is 37.1 Å². The zero-order valence-corrected chi connectivity index (χ0v) is 13.5. The van der Waals surface area contributed by atoms with Crippen LogP contribution < -0.4 is 4.90 Å². The highest BCUT2D eigenvalue weighted by atomic mass is 28.3. The van der Waals surface area contributed by atoms with E-state index in [1.165, 1.54) is 4.90 Å². The first kappa shape index (κ1) is 17.1. The Kier molecular flexibility index (Phi) is 6.30. The predicted octanol–water partition coefficient (Wildman–Crippen LogP) is 4.91. The van der Waals surface area contributed by atoms with Gasteiger partial charge in [-0.2, -0.15) is 0 Å². The highest BCUT2D eigenvalue weighted by Gasteiger charge is 2.22. The lowest BCUT2D eigenvalue weighted by molar-refractivity contribution is 0.228. The van der Waals surface area contributed by atoms with Crippen molar-refractivity contribution in [3.05, 3.63) is 66.7 Å². The molecule has 0 bridgehead atoms. The van der Waals surface area contributed by atoms with Gasteiger partial charge in [0.2, 0.25) is 0 Å². The molecular weight excluding hydrogens is 281 g/mol. The molecule has 0 fully saturated rings. The molecule has 0 aliphatic carbocycles. The van der Waals surface area contributed by atoms with Crippen LogP contribution in [0.1, 0.15) is 12.0 Å². The van der Waals surface area contributed by atoms with Gasteiger partial charge in [-0.25, -0.2) is 4.79 Å². The van der Waals surface area contributed by atoms with E-state index in [0.29, 0.717) is 18.7 Å². The van der Waals surface area contributed by atoms with Crippen molar-refractivity contribution in [2.45, 2.75) is 19.4 Å². The van der Waals surface area contributed by atoms with Crippen molar-refractivity contribution >= 4 is 19.9 Å². The van der Waals surface area contributed by atoms with Crippen molar-refractivity contribution in [2.24, 2.45) is 0 Å². The molecule has 0 saturated carbocycles. The summed E-state index contributed by atoms with van der Waals surface area (Å²) in [7, 11) is -1.90. The summed E-state index contributed by atoms with van der Waals surface area (Å²) in [6.07, 6.45) is -0.747. The third kappa shape index (κ3) is 4.53. The molecule has 2 nitrogen and oxygen atoms in total. The van der Waals surface area contributed by atoms with Gasteiger partial charge >= 0.3 is 6.16 Å². The van der Waals surface area contributed by atoms with Crippen LogP contribution in [0.15, 0.2) is 61.1 Å². The SMILES string of the molecule is C=C[Si](C=C)(C=C)CCCN(C(=O)F)c1cccc(C)c1. The molecule has 1 aromatic rings. The van der Waals surface area contributed by atoms with Gasteiger partial charge in [0.05, 0.1) is 0 Å². The van der Waals surface area contributed by atoms with Crippen LogP contribution in [0.25, 0.3) is 0 Å². The van der Waals surface area contributed by atoms with Crippen LogP contribution in [-0.2, 0) is 0 Å². The Morgan fingerprint density at radius 1 is 1.29 bits per heavy atom. The standard InChI is InChI=1S/C17H22FNOSi/c1-5-21(6-2,7-3)13-9-12-19(17(18)20)16-11-8-10-15(4)14-16/h5-8,10-11,14H,1-3,9,12-13H2,4H3. The summed E-state index contributed by atoms with van der Waals surface area (Å²) in [4.78, 5) is 12.4. The van der Waals surface area contributed by atoms with E-state index in [-0.39, 0.29) is 0 Å². The number of amides is 1. The molecule has 0 heterocycles. The summed E-state index contributed by atoms with van der Waals surface area (Å²) in [6, 6.07) is 8.09. The smallest absolute Gasteiger partial charge is 0.284 e. The number of rotatable bonds is 8. The van der Waals surface area contributed by atoms with E-state index in [9.17, 15) is 9.18 Å². The van der Waals surface area contributed by atoms with Gasteiger partial charge in [0.1, 0.15) is 8.07 Å². The van der Waals surface area contributed by atoms with E-state index in [1.54, 1.807) is 12.1 Å². The first-order valence-electron chi connectivity index (χ1n) is 6.92. The minimum atomic E-state index is -1.90. The first-order valence-corrected chi connectivity index (χ1v) is 9.36. The van der Waals surface area contributed by atoms with Gasteiger partial charge in [0.15, 0.2) is 0 Å². The predicted molar refractivity (Wildman–Crippen MR) is 90.8 cm³/mol. The largest absolute Gasteiger partial charge is 0.404 e. The van der Waals surface area contributed by atoms with E-state index in [4.69, 9.17) is 0 Å². The molecular formula is C17H22FNOSi. The first-order chi connectivity index (χ1) is 9.98. The molecule has 1 amide bonds. The van der Waals surface area contributed by atoms with E-state index >= 15 is 0 Å². The van der Waals surface area contributed by atoms with Gasteiger partial charge in [-0.15, -0.1) is 24.1 Å². The Bertz CT molecular complexity index is 520. The van der Waals surface area contributed by atoms with Crippen molar-refractivity contribution in [3.8, 4) is 0 Å². The number of nitrogens with zero attached hydrogens (tertiary/aromatic N) is 1. The number of aryl methyl sites for hydroxylation is 1. The lowest BCUT2D eigenvalue weighted by Gasteiger charge is -2.23. The van der Waals surface area contributed by atoms with Crippen LogP contribution in [-0.4, -0.2) is 20.8 Å². The van der Waals surface area contributed by atoms with Crippen molar-refractivity contribution in [3.63, 3.8) is 0 Å².